The van der Waals surface area contributed by atoms with Gasteiger partial charge in [0.25, 0.3) is 0 Å². The summed E-state index contributed by atoms with van der Waals surface area (Å²) >= 11 is 3.41. The molecule has 0 bridgehead atoms. The summed E-state index contributed by atoms with van der Waals surface area (Å²) in [6, 6.07) is 8.66. The van der Waals surface area contributed by atoms with E-state index in [1.54, 1.807) is 0 Å². The van der Waals surface area contributed by atoms with Crippen LogP contribution in [0, 0.1) is 0 Å². The fourth-order valence-corrected chi connectivity index (χ4v) is 4.31. The van der Waals surface area contributed by atoms with Crippen molar-refractivity contribution < 1.29 is 8.42 Å². The van der Waals surface area contributed by atoms with Gasteiger partial charge in [0.15, 0.2) is 9.84 Å². The summed E-state index contributed by atoms with van der Waals surface area (Å²) in [5, 5.41) is 3.41. The van der Waals surface area contributed by atoms with E-state index in [0.29, 0.717) is 11.8 Å². The van der Waals surface area contributed by atoms with Gasteiger partial charge in [-0.2, -0.15) is 0 Å². The van der Waals surface area contributed by atoms with E-state index in [-0.39, 0.29) is 11.8 Å². The first-order valence-electron chi connectivity index (χ1n) is 6.15. The number of hydrogen-bond donors (Lipinski definition) is 1. The highest BCUT2D eigenvalue weighted by Crippen LogP contribution is 2.14. The maximum absolute atomic E-state index is 11.4. The molecule has 0 saturated carbocycles. The molecular formula is C13H18BrNO2S. The Kier molecular flexibility index (Phi) is 4.45. The topological polar surface area (TPSA) is 46.2 Å². The summed E-state index contributed by atoms with van der Waals surface area (Å²) in [7, 11) is -2.79. The van der Waals surface area contributed by atoms with E-state index in [1.165, 1.54) is 5.56 Å². The number of rotatable bonds is 4. The summed E-state index contributed by atoms with van der Waals surface area (Å²) in [6.07, 6.45) is 1.66. The second-order valence-electron chi connectivity index (χ2n) is 5.00. The zero-order valence-electron chi connectivity index (χ0n) is 10.4. The van der Waals surface area contributed by atoms with Crippen LogP contribution in [0.25, 0.3) is 0 Å². The van der Waals surface area contributed by atoms with Crippen molar-refractivity contribution in [2.75, 3.05) is 11.5 Å². The van der Waals surface area contributed by atoms with Gasteiger partial charge in [-0.15, -0.1) is 0 Å². The molecule has 0 aliphatic carbocycles. The SMILES string of the molecule is CC(Cc1ccc(Br)cc1)NC1CCS(=O)(=O)C1. The zero-order valence-corrected chi connectivity index (χ0v) is 12.8. The molecule has 2 unspecified atom stereocenters. The molecular weight excluding hydrogens is 314 g/mol. The Hall–Kier alpha value is -0.390. The summed E-state index contributed by atoms with van der Waals surface area (Å²) < 4.78 is 23.8. The van der Waals surface area contributed by atoms with Crippen LogP contribution >= 0.6 is 15.9 Å². The quantitative estimate of drug-likeness (QED) is 0.919. The van der Waals surface area contributed by atoms with Crippen LogP contribution in [0.2, 0.25) is 0 Å². The van der Waals surface area contributed by atoms with E-state index in [0.717, 1.165) is 17.3 Å². The minimum atomic E-state index is -2.79. The van der Waals surface area contributed by atoms with E-state index in [2.05, 4.69) is 40.3 Å². The molecule has 0 amide bonds. The average molecular weight is 332 g/mol. The van der Waals surface area contributed by atoms with Gasteiger partial charge in [-0.05, 0) is 37.5 Å². The number of benzene rings is 1. The van der Waals surface area contributed by atoms with Crippen molar-refractivity contribution in [1.82, 2.24) is 5.32 Å². The molecule has 1 aromatic carbocycles. The molecule has 0 aromatic heterocycles. The maximum atomic E-state index is 11.4. The van der Waals surface area contributed by atoms with Crippen LogP contribution in [0.3, 0.4) is 0 Å². The Balaban J connectivity index is 1.86. The standard InChI is InChI=1S/C13H18BrNO2S/c1-10(8-11-2-4-12(14)5-3-11)15-13-6-7-18(16,17)9-13/h2-5,10,13,15H,6-9H2,1H3. The molecule has 0 spiro atoms. The third kappa shape index (κ3) is 4.07. The fraction of sp³-hybridized carbons (Fsp3) is 0.538. The lowest BCUT2D eigenvalue weighted by Gasteiger charge is -2.18. The third-order valence-corrected chi connectivity index (χ3v) is 5.50. The number of halogens is 1. The lowest BCUT2D eigenvalue weighted by molar-refractivity contribution is 0.469. The molecule has 1 heterocycles. The Morgan fingerprint density at radius 1 is 1.39 bits per heavy atom. The van der Waals surface area contributed by atoms with E-state index >= 15 is 0 Å². The van der Waals surface area contributed by atoms with E-state index in [9.17, 15) is 8.42 Å². The van der Waals surface area contributed by atoms with Crippen molar-refractivity contribution >= 4 is 25.8 Å². The summed E-state index contributed by atoms with van der Waals surface area (Å²) in [4.78, 5) is 0. The van der Waals surface area contributed by atoms with Gasteiger partial charge in [-0.1, -0.05) is 28.1 Å². The Bertz CT molecular complexity index is 498. The second-order valence-corrected chi connectivity index (χ2v) is 8.14. The minimum absolute atomic E-state index is 0.125. The Labute approximate surface area is 117 Å². The molecule has 1 aliphatic heterocycles. The molecule has 5 heteroatoms. The minimum Gasteiger partial charge on any atom is -0.310 e. The van der Waals surface area contributed by atoms with Gasteiger partial charge in [0.1, 0.15) is 0 Å². The molecule has 3 nitrogen and oxygen atoms in total. The van der Waals surface area contributed by atoms with Crippen molar-refractivity contribution in [2.24, 2.45) is 0 Å². The van der Waals surface area contributed by atoms with Crippen molar-refractivity contribution in [3.05, 3.63) is 34.3 Å². The van der Waals surface area contributed by atoms with Crippen LogP contribution in [0.15, 0.2) is 28.7 Å². The van der Waals surface area contributed by atoms with Gasteiger partial charge in [0.05, 0.1) is 11.5 Å². The monoisotopic (exact) mass is 331 g/mol. The van der Waals surface area contributed by atoms with E-state index in [4.69, 9.17) is 0 Å². The number of sulfone groups is 1. The van der Waals surface area contributed by atoms with Crippen LogP contribution in [0.4, 0.5) is 0 Å². The Morgan fingerprint density at radius 2 is 2.06 bits per heavy atom. The van der Waals surface area contributed by atoms with Crippen LogP contribution in [-0.2, 0) is 16.3 Å². The summed E-state index contributed by atoms with van der Waals surface area (Å²) in [6.45, 7) is 2.10. The second kappa shape index (κ2) is 5.72. The van der Waals surface area contributed by atoms with Crippen LogP contribution in [0.5, 0.6) is 0 Å². The molecule has 100 valence electrons. The molecule has 18 heavy (non-hydrogen) atoms. The highest BCUT2D eigenvalue weighted by molar-refractivity contribution is 9.10. The highest BCUT2D eigenvalue weighted by Gasteiger charge is 2.28. The zero-order chi connectivity index (χ0) is 13.2. The lowest BCUT2D eigenvalue weighted by atomic mass is 10.1. The molecule has 0 radical (unpaired) electrons. The van der Waals surface area contributed by atoms with Crippen LogP contribution in [-0.4, -0.2) is 32.0 Å². The third-order valence-electron chi connectivity index (χ3n) is 3.21. The van der Waals surface area contributed by atoms with Crippen molar-refractivity contribution in [3.63, 3.8) is 0 Å². The van der Waals surface area contributed by atoms with Crippen molar-refractivity contribution in [2.45, 2.75) is 31.8 Å². The van der Waals surface area contributed by atoms with Gasteiger partial charge < -0.3 is 5.32 Å². The maximum Gasteiger partial charge on any atom is 0.151 e. The summed E-state index contributed by atoms with van der Waals surface area (Å²) in [5.74, 6) is 0.618. The van der Waals surface area contributed by atoms with Gasteiger partial charge >= 0.3 is 0 Å². The van der Waals surface area contributed by atoms with Gasteiger partial charge in [0.2, 0.25) is 0 Å². The highest BCUT2D eigenvalue weighted by atomic mass is 79.9. The fourth-order valence-electron chi connectivity index (χ4n) is 2.36. The molecule has 1 saturated heterocycles. The number of nitrogens with one attached hydrogen (secondary N) is 1. The largest absolute Gasteiger partial charge is 0.310 e. The van der Waals surface area contributed by atoms with Crippen molar-refractivity contribution in [1.29, 1.82) is 0 Å². The van der Waals surface area contributed by atoms with E-state index < -0.39 is 9.84 Å². The van der Waals surface area contributed by atoms with Crippen LogP contribution < -0.4 is 5.32 Å². The Morgan fingerprint density at radius 3 is 2.61 bits per heavy atom. The molecule has 1 fully saturated rings. The summed E-state index contributed by atoms with van der Waals surface area (Å²) in [5.41, 5.74) is 1.26. The lowest BCUT2D eigenvalue weighted by Crippen LogP contribution is -2.38. The van der Waals surface area contributed by atoms with E-state index in [1.807, 2.05) is 12.1 Å². The first kappa shape index (κ1) is 14.0. The molecule has 1 N–H and O–H groups in total. The predicted molar refractivity (Wildman–Crippen MR) is 77.5 cm³/mol. The first-order chi connectivity index (χ1) is 8.44. The smallest absolute Gasteiger partial charge is 0.151 e. The first-order valence-corrected chi connectivity index (χ1v) is 8.77. The molecule has 1 aromatic rings. The molecule has 1 aliphatic rings. The molecule has 2 atom stereocenters. The van der Waals surface area contributed by atoms with Crippen LogP contribution in [0.1, 0.15) is 18.9 Å². The van der Waals surface area contributed by atoms with Gasteiger partial charge in [0, 0.05) is 16.6 Å². The molecule has 2 rings (SSSR count). The number of hydrogen-bond acceptors (Lipinski definition) is 3. The van der Waals surface area contributed by atoms with Gasteiger partial charge in [-0.3, -0.25) is 0 Å². The van der Waals surface area contributed by atoms with Crippen molar-refractivity contribution in [3.8, 4) is 0 Å². The average Bonchev–Trinajstić information content (AvgIpc) is 2.61. The van der Waals surface area contributed by atoms with Gasteiger partial charge in [-0.25, -0.2) is 8.42 Å². The predicted octanol–water partition coefficient (Wildman–Crippen LogP) is 2.16. The normalized spacial score (nSPS) is 24.0.